The van der Waals surface area contributed by atoms with Crippen LogP contribution in [0.15, 0.2) is 30.9 Å². The van der Waals surface area contributed by atoms with E-state index >= 15 is 0 Å². The summed E-state index contributed by atoms with van der Waals surface area (Å²) >= 11 is 3.35. The number of benzene rings is 1. The van der Waals surface area contributed by atoms with Crippen molar-refractivity contribution in [3.63, 3.8) is 0 Å². The fourth-order valence-corrected chi connectivity index (χ4v) is 2.49. The lowest BCUT2D eigenvalue weighted by Crippen LogP contribution is -2.27. The lowest BCUT2D eigenvalue weighted by Gasteiger charge is -2.22. The highest BCUT2D eigenvalue weighted by atomic mass is 79.9. The monoisotopic (exact) mass is 372 g/mol. The minimum Gasteiger partial charge on any atom is -0.493 e. The zero-order valence-corrected chi connectivity index (χ0v) is 14.6. The Morgan fingerprint density at radius 1 is 1.32 bits per heavy atom. The first-order chi connectivity index (χ1) is 10.6. The molecule has 0 aliphatic heterocycles. The molecule has 0 saturated carbocycles. The fraction of sp³-hybridized carbons (Fsp3) is 0.438. The highest BCUT2D eigenvalue weighted by Gasteiger charge is 2.29. The maximum absolute atomic E-state index is 12.0. The van der Waals surface area contributed by atoms with Crippen LogP contribution in [-0.4, -0.2) is 38.2 Å². The maximum Gasteiger partial charge on any atom is 0.322 e. The third-order valence-corrected chi connectivity index (χ3v) is 3.76. The highest BCUT2D eigenvalue weighted by Crippen LogP contribution is 2.34. The summed E-state index contributed by atoms with van der Waals surface area (Å²) < 4.78 is 21.3. The standard InChI is InChI=1S/C16H21BrO5/c1-5-9-22-15(14(17)16(18)21-6-2)11-7-8-12(19-3)13(10-11)20-4/h5,7-8,10,14-15H,1,6,9H2,2-4H3/t14-,15+/m1/s1. The van der Waals surface area contributed by atoms with Gasteiger partial charge in [-0.15, -0.1) is 6.58 Å². The lowest BCUT2D eigenvalue weighted by atomic mass is 10.1. The van der Waals surface area contributed by atoms with Gasteiger partial charge in [-0.05, 0) is 24.6 Å². The summed E-state index contributed by atoms with van der Waals surface area (Å²) in [6, 6.07) is 5.37. The van der Waals surface area contributed by atoms with Gasteiger partial charge >= 0.3 is 5.97 Å². The molecule has 0 aromatic heterocycles. The Hall–Kier alpha value is -1.53. The molecule has 1 aromatic carbocycles. The van der Waals surface area contributed by atoms with E-state index in [9.17, 15) is 4.79 Å². The number of ether oxygens (including phenoxy) is 4. The van der Waals surface area contributed by atoms with Gasteiger partial charge in [-0.25, -0.2) is 0 Å². The summed E-state index contributed by atoms with van der Waals surface area (Å²) in [4.78, 5) is 11.3. The van der Waals surface area contributed by atoms with Crippen molar-refractivity contribution in [2.24, 2.45) is 0 Å². The Bertz CT molecular complexity index is 503. The molecule has 0 heterocycles. The number of esters is 1. The van der Waals surface area contributed by atoms with E-state index in [1.807, 2.05) is 6.07 Å². The quantitative estimate of drug-likeness (QED) is 0.378. The number of halogens is 1. The Balaban J connectivity index is 3.10. The van der Waals surface area contributed by atoms with Crippen molar-refractivity contribution >= 4 is 21.9 Å². The zero-order valence-electron chi connectivity index (χ0n) is 13.0. The Morgan fingerprint density at radius 2 is 2.00 bits per heavy atom. The highest BCUT2D eigenvalue weighted by molar-refractivity contribution is 9.10. The molecule has 0 aliphatic rings. The molecule has 0 N–H and O–H groups in total. The van der Waals surface area contributed by atoms with Crippen LogP contribution in [0, 0.1) is 0 Å². The van der Waals surface area contributed by atoms with Gasteiger partial charge in [-0.3, -0.25) is 4.79 Å². The predicted molar refractivity (Wildman–Crippen MR) is 87.8 cm³/mol. The average Bonchev–Trinajstić information content (AvgIpc) is 2.54. The topological polar surface area (TPSA) is 54.0 Å². The van der Waals surface area contributed by atoms with Gasteiger partial charge in [0, 0.05) is 0 Å². The molecular weight excluding hydrogens is 352 g/mol. The third kappa shape index (κ3) is 4.74. The van der Waals surface area contributed by atoms with Crippen molar-refractivity contribution in [1.82, 2.24) is 0 Å². The molecule has 0 fully saturated rings. The van der Waals surface area contributed by atoms with Crippen molar-refractivity contribution in [2.75, 3.05) is 27.4 Å². The number of methoxy groups -OCH3 is 2. The van der Waals surface area contributed by atoms with E-state index in [2.05, 4.69) is 22.5 Å². The van der Waals surface area contributed by atoms with E-state index < -0.39 is 10.9 Å². The Labute approximate surface area is 139 Å². The molecule has 1 rings (SSSR count). The number of hydrogen-bond donors (Lipinski definition) is 0. The SMILES string of the molecule is C=CCO[C@@H](c1ccc(OC)c(OC)c1)[C@@H](Br)C(=O)OCC. The second-order valence-corrected chi connectivity index (χ2v) is 5.30. The minimum absolute atomic E-state index is 0.306. The number of carbonyl (C=O) groups is 1. The number of carbonyl (C=O) groups excluding carboxylic acids is 1. The van der Waals surface area contributed by atoms with Crippen LogP contribution in [0.3, 0.4) is 0 Å². The first kappa shape index (κ1) is 18.5. The molecule has 1 aromatic rings. The van der Waals surface area contributed by atoms with Gasteiger partial charge in [0.05, 0.1) is 27.4 Å². The summed E-state index contributed by atoms with van der Waals surface area (Å²) in [7, 11) is 3.12. The van der Waals surface area contributed by atoms with Crippen LogP contribution >= 0.6 is 15.9 Å². The van der Waals surface area contributed by atoms with Gasteiger partial charge < -0.3 is 18.9 Å². The van der Waals surface area contributed by atoms with Crippen LogP contribution in [-0.2, 0) is 14.3 Å². The van der Waals surface area contributed by atoms with Crippen LogP contribution in [0.5, 0.6) is 11.5 Å². The van der Waals surface area contributed by atoms with Crippen LogP contribution < -0.4 is 9.47 Å². The van der Waals surface area contributed by atoms with Crippen LogP contribution in [0.1, 0.15) is 18.6 Å². The lowest BCUT2D eigenvalue weighted by molar-refractivity contribution is -0.145. The molecule has 0 radical (unpaired) electrons. The van der Waals surface area contributed by atoms with E-state index in [-0.39, 0.29) is 5.97 Å². The molecule has 2 atom stereocenters. The summed E-state index contributed by atoms with van der Waals surface area (Å²) in [6.45, 7) is 6.00. The first-order valence-corrected chi connectivity index (χ1v) is 7.75. The average molecular weight is 373 g/mol. The molecule has 0 spiro atoms. The predicted octanol–water partition coefficient (Wildman–Crippen LogP) is 3.27. The van der Waals surface area contributed by atoms with Crippen LogP contribution in [0.2, 0.25) is 0 Å². The number of rotatable bonds is 9. The molecular formula is C16H21BrO5. The second kappa shape index (κ2) is 9.48. The van der Waals surface area contributed by atoms with Crippen molar-refractivity contribution in [1.29, 1.82) is 0 Å². The van der Waals surface area contributed by atoms with E-state index in [0.717, 1.165) is 5.56 Å². The van der Waals surface area contributed by atoms with E-state index in [1.54, 1.807) is 39.4 Å². The van der Waals surface area contributed by atoms with Gasteiger partial charge in [0.2, 0.25) is 0 Å². The smallest absolute Gasteiger partial charge is 0.322 e. The Kier molecular flexibility index (Phi) is 7.98. The number of hydrogen-bond acceptors (Lipinski definition) is 5. The minimum atomic E-state index is -0.634. The molecule has 122 valence electrons. The molecule has 5 nitrogen and oxygen atoms in total. The van der Waals surface area contributed by atoms with Gasteiger partial charge in [0.15, 0.2) is 11.5 Å². The van der Waals surface area contributed by atoms with Gasteiger partial charge in [0.25, 0.3) is 0 Å². The molecule has 0 saturated heterocycles. The zero-order chi connectivity index (χ0) is 16.5. The van der Waals surface area contributed by atoms with Crippen molar-refractivity contribution < 1.29 is 23.7 Å². The summed E-state index contributed by atoms with van der Waals surface area (Å²) in [5, 5.41) is 0. The molecule has 0 unspecified atom stereocenters. The van der Waals surface area contributed by atoms with Gasteiger partial charge in [-0.1, -0.05) is 28.1 Å². The maximum atomic E-state index is 12.0. The largest absolute Gasteiger partial charge is 0.493 e. The van der Waals surface area contributed by atoms with E-state index in [4.69, 9.17) is 18.9 Å². The van der Waals surface area contributed by atoms with E-state index in [0.29, 0.717) is 24.7 Å². The second-order valence-electron chi connectivity index (χ2n) is 4.31. The molecule has 0 bridgehead atoms. The molecule has 22 heavy (non-hydrogen) atoms. The first-order valence-electron chi connectivity index (χ1n) is 6.84. The Morgan fingerprint density at radius 3 is 2.55 bits per heavy atom. The van der Waals surface area contributed by atoms with Crippen molar-refractivity contribution in [2.45, 2.75) is 17.9 Å². The summed E-state index contributed by atoms with van der Waals surface area (Å²) in [6.07, 6.45) is 1.09. The fourth-order valence-electron chi connectivity index (χ4n) is 1.90. The van der Waals surface area contributed by atoms with Crippen LogP contribution in [0.4, 0.5) is 0 Å². The molecule has 6 heteroatoms. The van der Waals surface area contributed by atoms with Gasteiger partial charge in [-0.2, -0.15) is 0 Å². The molecule has 0 amide bonds. The summed E-state index contributed by atoms with van der Waals surface area (Å²) in [5.41, 5.74) is 0.773. The number of alkyl halides is 1. The van der Waals surface area contributed by atoms with E-state index in [1.165, 1.54) is 0 Å². The van der Waals surface area contributed by atoms with Crippen molar-refractivity contribution in [3.05, 3.63) is 36.4 Å². The molecule has 0 aliphatic carbocycles. The third-order valence-electron chi connectivity index (χ3n) is 2.91. The van der Waals surface area contributed by atoms with Crippen LogP contribution in [0.25, 0.3) is 0 Å². The van der Waals surface area contributed by atoms with Gasteiger partial charge in [0.1, 0.15) is 10.9 Å². The normalized spacial score (nSPS) is 13.1. The van der Waals surface area contributed by atoms with Crippen molar-refractivity contribution in [3.8, 4) is 11.5 Å². The summed E-state index contributed by atoms with van der Waals surface area (Å²) in [5.74, 6) is 0.790.